The molecule has 7 heteroatoms. The highest BCUT2D eigenvalue weighted by atomic mass is 79.9. The predicted molar refractivity (Wildman–Crippen MR) is 105 cm³/mol. The summed E-state index contributed by atoms with van der Waals surface area (Å²) in [6, 6.07) is 8.48. The molecule has 6 nitrogen and oxygen atoms in total. The third kappa shape index (κ3) is 4.52. The van der Waals surface area contributed by atoms with Crippen LogP contribution in [0.5, 0.6) is 11.6 Å². The minimum Gasteiger partial charge on any atom is -0.439 e. The second-order valence-corrected chi connectivity index (χ2v) is 7.46. The summed E-state index contributed by atoms with van der Waals surface area (Å²) in [5, 5.41) is 11.5. The van der Waals surface area contributed by atoms with Gasteiger partial charge in [-0.25, -0.2) is 4.98 Å². The van der Waals surface area contributed by atoms with Crippen LogP contribution in [0.4, 0.5) is 11.4 Å². The average molecular weight is 420 g/mol. The molecule has 1 aliphatic rings. The normalized spacial score (nSPS) is 15.1. The minimum atomic E-state index is -0.324. The molecule has 1 aromatic carbocycles. The summed E-state index contributed by atoms with van der Waals surface area (Å²) in [4.78, 5) is 17.4. The molecule has 1 aromatic heterocycles. The van der Waals surface area contributed by atoms with E-state index in [0.717, 1.165) is 36.3 Å². The molecule has 0 spiro atoms. The summed E-state index contributed by atoms with van der Waals surface area (Å²) < 4.78 is 6.64. The number of nitro benzene ring substituents is 1. The van der Waals surface area contributed by atoms with Gasteiger partial charge in [-0.1, -0.05) is 19.8 Å². The zero-order chi connectivity index (χ0) is 18.5. The van der Waals surface area contributed by atoms with E-state index >= 15 is 0 Å². The standard InChI is InChI=1S/C19H22BrN3O3/c1-2-3-14-8-10-22(11-9-14)18-12-16(5-6-17(18)23(24)25)26-19-7-4-15(20)13-21-19/h4-7,12-14H,2-3,8-11H2,1H3. The van der Waals surface area contributed by atoms with Crippen molar-refractivity contribution in [1.29, 1.82) is 0 Å². The molecule has 0 N–H and O–H groups in total. The van der Waals surface area contributed by atoms with Crippen molar-refractivity contribution in [3.8, 4) is 11.6 Å². The Kier molecular flexibility index (Phi) is 6.08. The molecular weight excluding hydrogens is 398 g/mol. The van der Waals surface area contributed by atoms with E-state index in [4.69, 9.17) is 4.74 Å². The predicted octanol–water partition coefficient (Wildman–Crippen LogP) is 5.56. The van der Waals surface area contributed by atoms with Crippen molar-refractivity contribution in [3.63, 3.8) is 0 Å². The van der Waals surface area contributed by atoms with Gasteiger partial charge in [0.25, 0.3) is 5.69 Å². The van der Waals surface area contributed by atoms with Crippen molar-refractivity contribution in [2.75, 3.05) is 18.0 Å². The Balaban J connectivity index is 1.80. The summed E-state index contributed by atoms with van der Waals surface area (Å²) >= 11 is 3.34. The molecule has 0 amide bonds. The third-order valence-corrected chi connectivity index (χ3v) is 5.19. The molecule has 0 atom stereocenters. The number of aromatic nitrogens is 1. The molecule has 26 heavy (non-hydrogen) atoms. The summed E-state index contributed by atoms with van der Waals surface area (Å²) in [5.41, 5.74) is 0.745. The van der Waals surface area contributed by atoms with Gasteiger partial charge in [0, 0.05) is 42.0 Å². The number of nitrogens with zero attached hydrogens (tertiary/aromatic N) is 3. The van der Waals surface area contributed by atoms with Crippen LogP contribution in [0.1, 0.15) is 32.6 Å². The van der Waals surface area contributed by atoms with Crippen molar-refractivity contribution >= 4 is 27.3 Å². The Labute approximate surface area is 161 Å². The van der Waals surface area contributed by atoms with Gasteiger partial charge in [0.2, 0.25) is 5.88 Å². The molecule has 1 saturated heterocycles. The minimum absolute atomic E-state index is 0.120. The van der Waals surface area contributed by atoms with Gasteiger partial charge in [-0.15, -0.1) is 0 Å². The van der Waals surface area contributed by atoms with Crippen LogP contribution in [0.3, 0.4) is 0 Å². The molecule has 3 rings (SSSR count). The number of hydrogen-bond acceptors (Lipinski definition) is 5. The molecule has 0 bridgehead atoms. The van der Waals surface area contributed by atoms with Gasteiger partial charge in [0.05, 0.1) is 4.92 Å². The van der Waals surface area contributed by atoms with E-state index in [1.165, 1.54) is 18.9 Å². The number of pyridine rings is 1. The van der Waals surface area contributed by atoms with Gasteiger partial charge in [0.15, 0.2) is 0 Å². The number of piperidine rings is 1. The second kappa shape index (κ2) is 8.49. The van der Waals surface area contributed by atoms with Gasteiger partial charge in [-0.05, 0) is 46.8 Å². The molecule has 2 heterocycles. The second-order valence-electron chi connectivity index (χ2n) is 6.54. The van der Waals surface area contributed by atoms with Crippen molar-refractivity contribution in [3.05, 3.63) is 51.1 Å². The number of halogens is 1. The lowest BCUT2D eigenvalue weighted by Gasteiger charge is -2.33. The van der Waals surface area contributed by atoms with Gasteiger partial charge in [-0.2, -0.15) is 0 Å². The Morgan fingerprint density at radius 1 is 1.31 bits per heavy atom. The fourth-order valence-electron chi connectivity index (χ4n) is 3.39. The zero-order valence-electron chi connectivity index (χ0n) is 14.7. The lowest BCUT2D eigenvalue weighted by atomic mass is 9.92. The van der Waals surface area contributed by atoms with Crippen LogP contribution in [0.2, 0.25) is 0 Å². The Hall–Kier alpha value is -2.15. The van der Waals surface area contributed by atoms with E-state index in [2.05, 4.69) is 32.7 Å². The fraction of sp³-hybridized carbons (Fsp3) is 0.421. The summed E-state index contributed by atoms with van der Waals surface area (Å²) in [5.74, 6) is 1.73. The maximum atomic E-state index is 11.5. The Morgan fingerprint density at radius 3 is 2.69 bits per heavy atom. The van der Waals surface area contributed by atoms with Gasteiger partial charge in [-0.3, -0.25) is 10.1 Å². The first-order chi connectivity index (χ1) is 12.6. The van der Waals surface area contributed by atoms with Crippen LogP contribution < -0.4 is 9.64 Å². The number of benzene rings is 1. The molecule has 2 aromatic rings. The first-order valence-electron chi connectivity index (χ1n) is 8.89. The number of hydrogen-bond donors (Lipinski definition) is 0. The molecular formula is C19H22BrN3O3. The SMILES string of the molecule is CCCC1CCN(c2cc(Oc3ccc(Br)cn3)ccc2[N+](=O)[O-])CC1. The summed E-state index contributed by atoms with van der Waals surface area (Å²) in [7, 11) is 0. The van der Waals surface area contributed by atoms with E-state index in [1.807, 2.05) is 6.07 Å². The quantitative estimate of drug-likeness (QED) is 0.452. The van der Waals surface area contributed by atoms with Crippen molar-refractivity contribution in [1.82, 2.24) is 4.98 Å². The van der Waals surface area contributed by atoms with Crippen LogP contribution in [-0.4, -0.2) is 23.0 Å². The smallest absolute Gasteiger partial charge is 0.292 e. The number of anilines is 1. The first-order valence-corrected chi connectivity index (χ1v) is 9.69. The molecule has 138 valence electrons. The van der Waals surface area contributed by atoms with Crippen molar-refractivity contribution in [2.24, 2.45) is 5.92 Å². The van der Waals surface area contributed by atoms with Crippen molar-refractivity contribution in [2.45, 2.75) is 32.6 Å². The average Bonchev–Trinajstić information content (AvgIpc) is 2.64. The number of rotatable bonds is 6. The number of nitro groups is 1. The largest absolute Gasteiger partial charge is 0.439 e. The van der Waals surface area contributed by atoms with E-state index < -0.39 is 0 Å². The van der Waals surface area contributed by atoms with E-state index in [-0.39, 0.29) is 10.6 Å². The highest BCUT2D eigenvalue weighted by Gasteiger charge is 2.25. The highest BCUT2D eigenvalue weighted by molar-refractivity contribution is 9.10. The lowest BCUT2D eigenvalue weighted by Crippen LogP contribution is -2.34. The van der Waals surface area contributed by atoms with Gasteiger partial charge in [0.1, 0.15) is 11.4 Å². The molecule has 1 aliphatic heterocycles. The molecule has 1 fully saturated rings. The van der Waals surface area contributed by atoms with Crippen LogP contribution in [-0.2, 0) is 0 Å². The Morgan fingerprint density at radius 2 is 2.08 bits per heavy atom. The highest BCUT2D eigenvalue weighted by Crippen LogP contribution is 2.36. The first kappa shape index (κ1) is 18.6. The lowest BCUT2D eigenvalue weighted by molar-refractivity contribution is -0.384. The molecule has 0 aliphatic carbocycles. The third-order valence-electron chi connectivity index (χ3n) is 4.72. The van der Waals surface area contributed by atoms with E-state index in [1.54, 1.807) is 24.4 Å². The van der Waals surface area contributed by atoms with Gasteiger partial charge >= 0.3 is 0 Å². The zero-order valence-corrected chi connectivity index (χ0v) is 16.3. The monoisotopic (exact) mass is 419 g/mol. The molecule has 0 radical (unpaired) electrons. The van der Waals surface area contributed by atoms with Crippen LogP contribution >= 0.6 is 15.9 Å². The Bertz CT molecular complexity index is 759. The van der Waals surface area contributed by atoms with Crippen LogP contribution in [0.25, 0.3) is 0 Å². The van der Waals surface area contributed by atoms with Crippen molar-refractivity contribution < 1.29 is 9.66 Å². The van der Waals surface area contributed by atoms with Gasteiger partial charge < -0.3 is 9.64 Å². The van der Waals surface area contributed by atoms with E-state index in [9.17, 15) is 10.1 Å². The molecule has 0 unspecified atom stereocenters. The van der Waals surface area contributed by atoms with E-state index in [0.29, 0.717) is 17.3 Å². The maximum Gasteiger partial charge on any atom is 0.292 e. The maximum absolute atomic E-state index is 11.5. The van der Waals surface area contributed by atoms with Crippen LogP contribution in [0.15, 0.2) is 41.0 Å². The fourth-order valence-corrected chi connectivity index (χ4v) is 3.62. The number of ether oxygens (including phenoxy) is 1. The topological polar surface area (TPSA) is 68.5 Å². The summed E-state index contributed by atoms with van der Waals surface area (Å²) in [6.07, 6.45) is 6.22. The molecule has 0 saturated carbocycles. The summed E-state index contributed by atoms with van der Waals surface area (Å²) in [6.45, 7) is 3.88. The van der Waals surface area contributed by atoms with Crippen LogP contribution in [0, 0.1) is 16.0 Å².